The number of aromatic amines is 1. The van der Waals surface area contributed by atoms with Crippen LogP contribution >= 0.6 is 8.18 Å². The van der Waals surface area contributed by atoms with Gasteiger partial charge in [0.2, 0.25) is 0 Å². The van der Waals surface area contributed by atoms with E-state index in [9.17, 15) is 28.8 Å². The number of ether oxygens (including phenoxy) is 1. The van der Waals surface area contributed by atoms with E-state index in [-0.39, 0.29) is 12.3 Å². The zero-order valence-electron chi connectivity index (χ0n) is 14.8. The maximum absolute atomic E-state index is 15.0. The molecule has 5 atom stereocenters. The third-order valence-electron chi connectivity index (χ3n) is 4.29. The number of hydrogen-bond acceptors (Lipinski definition) is 7. The largest absolute Gasteiger partial charge is 0.613 e. The number of nitrogens with zero attached hydrogens (tertiary/aromatic N) is 1. The molecule has 1 saturated heterocycles. The van der Waals surface area contributed by atoms with Crippen molar-refractivity contribution in [2.75, 3.05) is 6.61 Å². The number of hydrogen-bond donors (Lipinski definition) is 4. The van der Waals surface area contributed by atoms with Gasteiger partial charge in [0.1, 0.15) is 12.2 Å². The highest BCUT2D eigenvalue weighted by atomic mass is 31.1. The second-order valence-electron chi connectivity index (χ2n) is 6.27. The molecule has 11 nitrogen and oxygen atoms in total. The normalized spacial score (nSPS) is 27.1. The van der Waals surface area contributed by atoms with Crippen molar-refractivity contribution in [1.82, 2.24) is 14.6 Å². The third-order valence-corrected chi connectivity index (χ3v) is 5.07. The minimum atomic E-state index is -2.96. The van der Waals surface area contributed by atoms with E-state index in [0.29, 0.717) is 10.1 Å². The Morgan fingerprint density at radius 3 is 2.76 bits per heavy atom. The van der Waals surface area contributed by atoms with Gasteiger partial charge < -0.3 is 20.1 Å². The molecule has 2 heterocycles. The third kappa shape index (κ3) is 4.58. The Hall–Kier alpha value is -2.47. The van der Waals surface area contributed by atoms with Crippen LogP contribution in [0.25, 0.3) is 0 Å². The van der Waals surface area contributed by atoms with Crippen molar-refractivity contribution in [3.8, 4) is 5.75 Å². The number of para-hydroxylation sites is 1. The van der Waals surface area contributed by atoms with E-state index in [0.717, 1.165) is 12.3 Å². The van der Waals surface area contributed by atoms with E-state index in [1.54, 1.807) is 24.3 Å². The zero-order chi connectivity index (χ0) is 21.2. The molecule has 1 fully saturated rings. The van der Waals surface area contributed by atoms with E-state index in [2.05, 4.69) is 5.09 Å². The van der Waals surface area contributed by atoms with Crippen LogP contribution in [-0.4, -0.2) is 49.5 Å². The average Bonchev–Trinajstić information content (AvgIpc) is 2.90. The molecule has 0 bridgehead atoms. The first kappa shape index (κ1) is 21.2. The lowest BCUT2D eigenvalue weighted by atomic mass is 10.1. The fraction of sp³-hybridized carbons (Fsp3) is 0.375. The standard InChI is InChI=1S/C16H17FN3O8P/c17-16(8-27-29(26)18-7-9-3-1-2-4-10(9)21)13(24)12(23)14(28-16)20-6-5-11(22)19-15(20)25/h1-6,12-14,23-24H,7-8H2,(H2-,18,19,21,22,25,26)/p+2/t12-,13+,14-,16-/m1/s1. The van der Waals surface area contributed by atoms with Gasteiger partial charge in [-0.25, -0.2) is 9.18 Å². The molecule has 29 heavy (non-hydrogen) atoms. The number of H-pyrrole nitrogens is 1. The summed E-state index contributed by atoms with van der Waals surface area (Å²) < 4.78 is 37.5. The molecular weight excluding hydrogens is 412 g/mol. The van der Waals surface area contributed by atoms with Crippen LogP contribution in [0, 0.1) is 0 Å². The predicted octanol–water partition coefficient (Wildman–Crippen LogP) is -0.645. The SMILES string of the molecule is O=c1ccn([C@@H]2O[C@](F)(CO[P+](=O)NCc3ccccc3[OH2+])[C@@H](O)[C@H]2O)c(=O)[nH]1. The Morgan fingerprint density at radius 1 is 1.34 bits per heavy atom. The number of aliphatic hydroxyl groups is 2. The Kier molecular flexibility index (Phi) is 6.22. The lowest BCUT2D eigenvalue weighted by Crippen LogP contribution is -2.42. The van der Waals surface area contributed by atoms with Crippen LogP contribution in [0.4, 0.5) is 4.39 Å². The first-order valence-corrected chi connectivity index (χ1v) is 9.56. The van der Waals surface area contributed by atoms with Crippen LogP contribution in [0.1, 0.15) is 11.8 Å². The minimum Gasteiger partial charge on any atom is -0.593 e. The first-order valence-electron chi connectivity index (χ1n) is 8.39. The minimum absolute atomic E-state index is 0.0234. The van der Waals surface area contributed by atoms with Crippen molar-refractivity contribution in [3.05, 3.63) is 62.9 Å². The topological polar surface area (TPSA) is 166 Å². The van der Waals surface area contributed by atoms with E-state index in [4.69, 9.17) is 14.4 Å². The number of alkyl halides is 1. The summed E-state index contributed by atoms with van der Waals surface area (Å²) in [7, 11) is -2.59. The quantitative estimate of drug-likeness (QED) is 0.332. The maximum atomic E-state index is 15.0. The fourth-order valence-corrected chi connectivity index (χ4v) is 3.42. The van der Waals surface area contributed by atoms with Crippen LogP contribution in [0.5, 0.6) is 5.75 Å². The number of rotatable bonds is 7. The molecule has 1 aliphatic heterocycles. The monoisotopic (exact) mass is 431 g/mol. The van der Waals surface area contributed by atoms with Crippen LogP contribution < -0.4 is 16.3 Å². The summed E-state index contributed by atoms with van der Waals surface area (Å²) in [6, 6.07) is 7.52. The molecule has 0 radical (unpaired) electrons. The van der Waals surface area contributed by atoms with E-state index >= 15 is 0 Å². The maximum Gasteiger partial charge on any atom is 0.613 e. The van der Waals surface area contributed by atoms with Gasteiger partial charge >= 0.3 is 13.9 Å². The average molecular weight is 431 g/mol. The highest BCUT2D eigenvalue weighted by molar-refractivity contribution is 7.36. The van der Waals surface area contributed by atoms with Gasteiger partial charge in [-0.1, -0.05) is 17.2 Å². The van der Waals surface area contributed by atoms with Gasteiger partial charge in [-0.3, -0.25) is 14.3 Å². The summed E-state index contributed by atoms with van der Waals surface area (Å²) in [5, 5.41) is 30.2. The van der Waals surface area contributed by atoms with E-state index in [1.807, 2.05) is 4.98 Å². The molecule has 0 saturated carbocycles. The first-order chi connectivity index (χ1) is 13.7. The summed E-state index contributed by atoms with van der Waals surface area (Å²) >= 11 is 0. The van der Waals surface area contributed by atoms with Crippen molar-refractivity contribution in [2.24, 2.45) is 0 Å². The lowest BCUT2D eigenvalue weighted by molar-refractivity contribution is -0.202. The molecule has 13 heteroatoms. The second kappa shape index (κ2) is 8.49. The Morgan fingerprint density at radius 2 is 2.07 bits per heavy atom. The molecule has 3 rings (SSSR count). The molecule has 1 unspecified atom stereocenters. The van der Waals surface area contributed by atoms with Gasteiger partial charge in [0.25, 0.3) is 17.2 Å². The predicted molar refractivity (Wildman–Crippen MR) is 97.2 cm³/mol. The molecule has 1 aromatic heterocycles. The van der Waals surface area contributed by atoms with Crippen LogP contribution in [0.15, 0.2) is 46.1 Å². The van der Waals surface area contributed by atoms with Crippen LogP contribution in [-0.2, 0) is 20.4 Å². The van der Waals surface area contributed by atoms with Gasteiger partial charge in [0.15, 0.2) is 12.8 Å². The Bertz CT molecular complexity index is 1010. The molecule has 156 valence electrons. The van der Waals surface area contributed by atoms with E-state index < -0.39 is 50.3 Å². The molecule has 1 aliphatic rings. The Balaban J connectivity index is 1.62. The smallest absolute Gasteiger partial charge is 0.593 e. The van der Waals surface area contributed by atoms with Crippen molar-refractivity contribution in [2.45, 2.75) is 30.8 Å². The van der Waals surface area contributed by atoms with Crippen LogP contribution in [0.2, 0.25) is 0 Å². The van der Waals surface area contributed by atoms with E-state index in [1.165, 1.54) is 0 Å². The van der Waals surface area contributed by atoms with Gasteiger partial charge in [-0.15, -0.1) is 4.52 Å². The summed E-state index contributed by atoms with van der Waals surface area (Å²) in [5.41, 5.74) is -1.13. The highest BCUT2D eigenvalue weighted by Gasteiger charge is 2.57. The number of aliphatic hydroxyl groups excluding tert-OH is 2. The molecule has 0 aliphatic carbocycles. The van der Waals surface area contributed by atoms with Gasteiger partial charge in [-0.05, 0) is 10.6 Å². The molecule has 0 amide bonds. The second-order valence-corrected chi connectivity index (χ2v) is 7.36. The van der Waals surface area contributed by atoms with Gasteiger partial charge in [-0.2, -0.15) is 0 Å². The molecule has 6 N–H and O–H groups in total. The number of halogens is 1. The number of aromatic nitrogens is 2. The molecule has 2 aromatic rings. The zero-order valence-corrected chi connectivity index (χ0v) is 15.7. The highest BCUT2D eigenvalue weighted by Crippen LogP contribution is 2.39. The summed E-state index contributed by atoms with van der Waals surface area (Å²) in [6.07, 6.45) is -4.62. The van der Waals surface area contributed by atoms with Crippen LogP contribution in [0.3, 0.4) is 0 Å². The molecular formula is C16H19FN3O8P+2. The number of nitrogens with one attached hydrogen (secondary N) is 2. The van der Waals surface area contributed by atoms with Gasteiger partial charge in [0.05, 0.1) is 12.1 Å². The fourth-order valence-electron chi connectivity index (χ4n) is 2.74. The molecule has 0 spiro atoms. The van der Waals surface area contributed by atoms with Crippen molar-refractivity contribution in [1.29, 1.82) is 0 Å². The van der Waals surface area contributed by atoms with Gasteiger partial charge in [0, 0.05) is 18.3 Å². The molecule has 1 aromatic carbocycles. The summed E-state index contributed by atoms with van der Waals surface area (Å²) in [6.45, 7) is -0.986. The number of benzene rings is 1. The van der Waals surface area contributed by atoms with Crippen molar-refractivity contribution < 1.29 is 33.5 Å². The van der Waals surface area contributed by atoms with Crippen molar-refractivity contribution in [3.63, 3.8) is 0 Å². The lowest BCUT2D eigenvalue weighted by Gasteiger charge is -2.19. The summed E-state index contributed by atoms with van der Waals surface area (Å²) in [4.78, 5) is 24.9. The Labute approximate surface area is 163 Å². The summed E-state index contributed by atoms with van der Waals surface area (Å²) in [5.74, 6) is -2.74. The van der Waals surface area contributed by atoms with Crippen molar-refractivity contribution >= 4 is 8.18 Å².